The van der Waals surface area contributed by atoms with Crippen LogP contribution in [0.5, 0.6) is 0 Å². The maximum Gasteiger partial charge on any atom is 0.335 e. The zero-order valence-electron chi connectivity index (χ0n) is 13.6. The molecule has 1 saturated carbocycles. The molecule has 3 rings (SSSR count). The summed E-state index contributed by atoms with van der Waals surface area (Å²) in [5.41, 5.74) is 1.33. The molecule has 4 heteroatoms. The summed E-state index contributed by atoms with van der Waals surface area (Å²) in [7, 11) is 0. The molecule has 2 fully saturated rings. The second-order valence-electron chi connectivity index (χ2n) is 7.08. The molecule has 0 radical (unpaired) electrons. The van der Waals surface area contributed by atoms with Crippen molar-refractivity contribution < 1.29 is 14.7 Å². The van der Waals surface area contributed by atoms with Crippen LogP contribution in [0.15, 0.2) is 24.3 Å². The third-order valence-corrected chi connectivity index (χ3v) is 5.68. The largest absolute Gasteiger partial charge is 0.478 e. The summed E-state index contributed by atoms with van der Waals surface area (Å²) in [4.78, 5) is 25.7. The monoisotopic (exact) mass is 315 g/mol. The van der Waals surface area contributed by atoms with E-state index in [4.69, 9.17) is 0 Å². The number of likely N-dealkylation sites (tertiary alicyclic amines) is 1. The van der Waals surface area contributed by atoms with Gasteiger partial charge in [0.2, 0.25) is 5.91 Å². The van der Waals surface area contributed by atoms with E-state index in [2.05, 4.69) is 0 Å². The molecule has 2 aliphatic rings. The van der Waals surface area contributed by atoms with Gasteiger partial charge in [-0.25, -0.2) is 4.79 Å². The number of hydrogen-bond donors (Lipinski definition) is 1. The first-order chi connectivity index (χ1) is 11.1. The van der Waals surface area contributed by atoms with Crippen molar-refractivity contribution in [3.63, 3.8) is 0 Å². The number of carboxylic acid groups (broad SMARTS) is 1. The van der Waals surface area contributed by atoms with Gasteiger partial charge in [0.05, 0.1) is 12.0 Å². The van der Waals surface area contributed by atoms with Gasteiger partial charge in [0.25, 0.3) is 0 Å². The van der Waals surface area contributed by atoms with Gasteiger partial charge in [0, 0.05) is 13.1 Å². The lowest BCUT2D eigenvalue weighted by Gasteiger charge is -2.44. The molecule has 1 saturated heterocycles. The van der Waals surface area contributed by atoms with Crippen LogP contribution in [-0.2, 0) is 11.2 Å². The number of benzene rings is 1. The molecule has 23 heavy (non-hydrogen) atoms. The number of hydrogen-bond acceptors (Lipinski definition) is 2. The van der Waals surface area contributed by atoms with Gasteiger partial charge in [-0.1, -0.05) is 37.5 Å². The van der Waals surface area contributed by atoms with Gasteiger partial charge >= 0.3 is 5.97 Å². The van der Waals surface area contributed by atoms with Crippen molar-refractivity contribution in [2.24, 2.45) is 5.41 Å². The number of piperidine rings is 1. The van der Waals surface area contributed by atoms with Gasteiger partial charge in [0.1, 0.15) is 0 Å². The second kappa shape index (κ2) is 6.73. The summed E-state index contributed by atoms with van der Waals surface area (Å²) < 4.78 is 0. The Bertz CT molecular complexity index is 580. The van der Waals surface area contributed by atoms with E-state index in [-0.39, 0.29) is 17.9 Å². The molecular formula is C19H25NO3. The van der Waals surface area contributed by atoms with Crippen molar-refractivity contribution in [3.05, 3.63) is 35.4 Å². The topological polar surface area (TPSA) is 57.6 Å². The molecule has 0 bridgehead atoms. The van der Waals surface area contributed by atoms with E-state index in [9.17, 15) is 14.7 Å². The quantitative estimate of drug-likeness (QED) is 0.928. The molecular weight excluding hydrogens is 290 g/mol. The lowest BCUT2D eigenvalue weighted by atomic mass is 9.68. The summed E-state index contributed by atoms with van der Waals surface area (Å²) in [6.45, 7) is 1.65. The maximum atomic E-state index is 12.5. The van der Waals surface area contributed by atoms with Crippen LogP contribution >= 0.6 is 0 Å². The molecule has 1 heterocycles. The van der Waals surface area contributed by atoms with E-state index in [1.54, 1.807) is 24.3 Å². The average Bonchev–Trinajstić information content (AvgIpc) is 2.56. The fourth-order valence-corrected chi connectivity index (χ4v) is 4.19. The molecule has 1 aromatic carbocycles. The zero-order chi connectivity index (χ0) is 16.3. The number of nitrogens with zero attached hydrogens (tertiary/aromatic N) is 1. The molecule has 1 aliphatic heterocycles. The third kappa shape index (κ3) is 3.57. The Morgan fingerprint density at radius 2 is 1.65 bits per heavy atom. The number of rotatable bonds is 3. The van der Waals surface area contributed by atoms with Gasteiger partial charge < -0.3 is 10.0 Å². The maximum absolute atomic E-state index is 12.5. The predicted molar refractivity (Wildman–Crippen MR) is 88.4 cm³/mol. The molecule has 4 nitrogen and oxygen atoms in total. The van der Waals surface area contributed by atoms with Crippen molar-refractivity contribution in [2.75, 3.05) is 13.1 Å². The fraction of sp³-hybridized carbons (Fsp3) is 0.579. The number of carboxylic acids is 1. The van der Waals surface area contributed by atoms with E-state index in [1.807, 2.05) is 4.90 Å². The van der Waals surface area contributed by atoms with E-state index >= 15 is 0 Å². The van der Waals surface area contributed by atoms with Crippen molar-refractivity contribution >= 4 is 11.9 Å². The summed E-state index contributed by atoms with van der Waals surface area (Å²) >= 11 is 0. The summed E-state index contributed by atoms with van der Waals surface area (Å²) in [5, 5.41) is 9.23. The lowest BCUT2D eigenvalue weighted by Crippen LogP contribution is -2.44. The van der Waals surface area contributed by atoms with Crippen LogP contribution in [0.1, 0.15) is 60.9 Å². The molecule has 1 aliphatic carbocycles. The summed E-state index contributed by atoms with van der Waals surface area (Å²) in [6, 6.07) is 6.81. The van der Waals surface area contributed by atoms with Crippen LogP contribution in [0.25, 0.3) is 0 Å². The number of amides is 1. The number of aromatic carboxylic acids is 1. The van der Waals surface area contributed by atoms with Crippen molar-refractivity contribution in [1.82, 2.24) is 4.90 Å². The number of carbonyl (C=O) groups excluding carboxylic acids is 1. The highest BCUT2D eigenvalue weighted by Gasteiger charge is 2.36. The summed E-state index contributed by atoms with van der Waals surface area (Å²) in [5.74, 6) is -0.905. The molecule has 0 unspecified atom stereocenters. The van der Waals surface area contributed by atoms with E-state index in [0.29, 0.717) is 11.0 Å². The zero-order valence-corrected chi connectivity index (χ0v) is 13.6. The molecule has 1 N–H and O–H groups in total. The highest BCUT2D eigenvalue weighted by molar-refractivity contribution is 5.91. The van der Waals surface area contributed by atoms with Crippen LogP contribution in [0, 0.1) is 5.41 Å². The van der Waals surface area contributed by atoms with Crippen LogP contribution in [0.2, 0.25) is 0 Å². The minimum absolute atomic E-state index is 0.0596. The third-order valence-electron chi connectivity index (χ3n) is 5.68. The first kappa shape index (κ1) is 16.0. The Labute approximate surface area is 137 Å². The Hall–Kier alpha value is -1.84. The fourth-order valence-electron chi connectivity index (χ4n) is 4.19. The average molecular weight is 315 g/mol. The molecule has 1 aromatic rings. The minimum atomic E-state index is -0.965. The Morgan fingerprint density at radius 3 is 2.30 bits per heavy atom. The highest BCUT2D eigenvalue weighted by Crippen LogP contribution is 2.44. The Morgan fingerprint density at radius 1 is 1.00 bits per heavy atom. The molecule has 0 aromatic heterocycles. The molecule has 0 atom stereocenters. The van der Waals surface area contributed by atoms with Gasteiger partial charge in [-0.05, 0) is 42.7 Å². The van der Waals surface area contributed by atoms with Crippen molar-refractivity contribution in [3.8, 4) is 0 Å². The van der Waals surface area contributed by atoms with Crippen LogP contribution in [0.4, 0.5) is 0 Å². The summed E-state index contributed by atoms with van der Waals surface area (Å²) in [6.07, 6.45) is 9.07. The standard InChI is InChI=1S/C19H25NO3/c21-17(14-15-6-2-3-7-16(15)18(22)23)20-12-10-19(11-13-20)8-4-1-5-9-19/h2-3,6-7H,1,4-5,8-14H2,(H,22,23). The Balaban J connectivity index is 1.61. The highest BCUT2D eigenvalue weighted by atomic mass is 16.4. The van der Waals surface area contributed by atoms with Crippen LogP contribution < -0.4 is 0 Å². The molecule has 1 amide bonds. The SMILES string of the molecule is O=C(O)c1ccccc1CC(=O)N1CCC2(CCCCC2)CC1. The van der Waals surface area contributed by atoms with Gasteiger partial charge in [-0.2, -0.15) is 0 Å². The molecule has 124 valence electrons. The molecule has 1 spiro atoms. The van der Waals surface area contributed by atoms with Crippen molar-refractivity contribution in [2.45, 2.75) is 51.4 Å². The first-order valence-electron chi connectivity index (χ1n) is 8.69. The normalized spacial score (nSPS) is 20.4. The van der Waals surface area contributed by atoms with E-state index in [1.165, 1.54) is 32.1 Å². The minimum Gasteiger partial charge on any atom is -0.478 e. The van der Waals surface area contributed by atoms with Crippen LogP contribution in [0.3, 0.4) is 0 Å². The van der Waals surface area contributed by atoms with Gasteiger partial charge in [-0.3, -0.25) is 4.79 Å². The van der Waals surface area contributed by atoms with E-state index in [0.717, 1.165) is 25.9 Å². The number of carbonyl (C=O) groups is 2. The predicted octanol–water partition coefficient (Wildman–Crippen LogP) is 3.50. The van der Waals surface area contributed by atoms with Crippen molar-refractivity contribution in [1.29, 1.82) is 0 Å². The Kier molecular flexibility index (Phi) is 4.69. The van der Waals surface area contributed by atoms with Gasteiger partial charge in [-0.15, -0.1) is 0 Å². The second-order valence-corrected chi connectivity index (χ2v) is 7.08. The van der Waals surface area contributed by atoms with Crippen LogP contribution in [-0.4, -0.2) is 35.0 Å². The van der Waals surface area contributed by atoms with Gasteiger partial charge in [0.15, 0.2) is 0 Å². The van der Waals surface area contributed by atoms with E-state index < -0.39 is 5.97 Å². The smallest absolute Gasteiger partial charge is 0.335 e. The lowest BCUT2D eigenvalue weighted by molar-refractivity contribution is -0.133. The first-order valence-corrected chi connectivity index (χ1v) is 8.69.